The Morgan fingerprint density at radius 1 is 1.05 bits per heavy atom. The number of nitrogens with zero attached hydrogens (tertiary/aromatic N) is 1. The van der Waals surface area contributed by atoms with E-state index in [0.29, 0.717) is 57.6 Å². The smallest absolute Gasteiger partial charge is 0.207 e. The second-order valence-corrected chi connectivity index (χ2v) is 11.9. The quantitative estimate of drug-likeness (QED) is 0.127. The Morgan fingerprint density at radius 2 is 1.84 bits per heavy atom. The first-order chi connectivity index (χ1) is 18.4. The van der Waals surface area contributed by atoms with Gasteiger partial charge in [-0.2, -0.15) is 0 Å². The second kappa shape index (κ2) is 12.3. The fraction of sp³-hybridized carbons (Fsp3) is 0.467. The maximum absolute atomic E-state index is 10.8. The predicted octanol–water partition coefficient (Wildman–Crippen LogP) is 8.17. The number of hydrogen-bond donors (Lipinski definition) is 1. The fourth-order valence-corrected chi connectivity index (χ4v) is 6.71. The number of ether oxygens (including phenoxy) is 1. The zero-order valence-electron chi connectivity index (χ0n) is 21.5. The van der Waals surface area contributed by atoms with Gasteiger partial charge in [0.1, 0.15) is 18.1 Å². The molecule has 1 amide bonds. The molecule has 4 atom stereocenters. The van der Waals surface area contributed by atoms with Gasteiger partial charge in [0, 0.05) is 22.5 Å². The van der Waals surface area contributed by atoms with Gasteiger partial charge in [-0.05, 0) is 92.7 Å². The lowest BCUT2D eigenvalue weighted by atomic mass is 9.81. The highest BCUT2D eigenvalue weighted by atomic mass is 35.5. The molecule has 3 saturated carbocycles. The van der Waals surface area contributed by atoms with Gasteiger partial charge >= 0.3 is 0 Å². The van der Waals surface area contributed by atoms with Crippen molar-refractivity contribution in [3.05, 3.63) is 74.4 Å². The molecule has 8 heteroatoms. The van der Waals surface area contributed by atoms with Gasteiger partial charge in [0.05, 0.1) is 15.8 Å². The molecule has 3 aliphatic carbocycles. The van der Waals surface area contributed by atoms with Crippen molar-refractivity contribution < 1.29 is 14.4 Å². The van der Waals surface area contributed by atoms with Gasteiger partial charge in [-0.1, -0.05) is 64.9 Å². The molecule has 2 aromatic carbocycles. The molecule has 5 rings (SSSR count). The Morgan fingerprint density at radius 3 is 2.55 bits per heavy atom. The van der Waals surface area contributed by atoms with Crippen molar-refractivity contribution in [2.24, 2.45) is 22.9 Å². The lowest BCUT2D eigenvalue weighted by Crippen LogP contribution is -2.33. The van der Waals surface area contributed by atoms with Gasteiger partial charge in [-0.15, -0.1) is 0 Å². The summed E-state index contributed by atoms with van der Waals surface area (Å²) < 4.78 is 5.99. The van der Waals surface area contributed by atoms with Gasteiger partial charge in [-0.25, -0.2) is 0 Å². The lowest BCUT2D eigenvalue weighted by molar-refractivity contribution is -0.110. The molecule has 0 aliphatic heterocycles. The van der Waals surface area contributed by atoms with Gasteiger partial charge < -0.3 is 14.9 Å². The zero-order valence-corrected chi connectivity index (χ0v) is 23.7. The van der Waals surface area contributed by atoms with Crippen LogP contribution in [-0.2, 0) is 9.63 Å². The minimum atomic E-state index is 0.319. The number of allylic oxidation sites excluding steroid dienone is 1. The zero-order chi connectivity index (χ0) is 26.6. The van der Waals surface area contributed by atoms with Crippen LogP contribution in [0.25, 0.3) is 0 Å². The molecule has 38 heavy (non-hydrogen) atoms. The Labute approximate surface area is 239 Å². The van der Waals surface area contributed by atoms with Crippen molar-refractivity contribution in [2.45, 2.75) is 63.8 Å². The SMILES string of the molecule is C/C(=N\O/C(=C/COc1ccc(C2CC2C2CCCC(NC=O)C2)c(Cl)c1)C1CC1)c1c(Cl)cccc1Cl. The molecule has 0 saturated heterocycles. The third kappa shape index (κ3) is 6.67. The van der Waals surface area contributed by atoms with Crippen LogP contribution in [0.4, 0.5) is 0 Å². The van der Waals surface area contributed by atoms with Crippen LogP contribution in [0.2, 0.25) is 15.1 Å². The van der Waals surface area contributed by atoms with E-state index in [0.717, 1.165) is 48.6 Å². The monoisotopic (exact) mass is 574 g/mol. The molecular weight excluding hydrogens is 543 g/mol. The largest absolute Gasteiger partial charge is 0.489 e. The average molecular weight is 576 g/mol. The van der Waals surface area contributed by atoms with Crippen molar-refractivity contribution in [3.8, 4) is 5.75 Å². The lowest BCUT2D eigenvalue weighted by Gasteiger charge is -2.29. The summed E-state index contributed by atoms with van der Waals surface area (Å²) >= 11 is 19.3. The van der Waals surface area contributed by atoms with Crippen molar-refractivity contribution in [2.75, 3.05) is 6.61 Å². The summed E-state index contributed by atoms with van der Waals surface area (Å²) in [5.74, 6) is 3.70. The van der Waals surface area contributed by atoms with Crippen LogP contribution >= 0.6 is 34.8 Å². The summed E-state index contributed by atoms with van der Waals surface area (Å²) in [6.45, 7) is 2.19. The highest BCUT2D eigenvalue weighted by molar-refractivity contribution is 6.40. The van der Waals surface area contributed by atoms with Crippen molar-refractivity contribution in [1.82, 2.24) is 5.32 Å². The Kier molecular flexibility index (Phi) is 8.87. The molecule has 202 valence electrons. The highest BCUT2D eigenvalue weighted by Crippen LogP contribution is 2.56. The van der Waals surface area contributed by atoms with Crippen LogP contribution in [0.15, 0.2) is 53.4 Å². The Bertz CT molecular complexity index is 1210. The van der Waals surface area contributed by atoms with Crippen LogP contribution < -0.4 is 10.1 Å². The van der Waals surface area contributed by atoms with E-state index in [9.17, 15) is 4.79 Å². The normalized spacial score (nSPS) is 25.6. The summed E-state index contributed by atoms with van der Waals surface area (Å²) in [7, 11) is 0. The van der Waals surface area contributed by atoms with Crippen LogP contribution in [0.3, 0.4) is 0 Å². The number of oxime groups is 1. The number of nitrogens with one attached hydrogen (secondary N) is 1. The van der Waals surface area contributed by atoms with Crippen LogP contribution in [0.5, 0.6) is 5.75 Å². The van der Waals surface area contributed by atoms with E-state index in [1.54, 1.807) is 18.2 Å². The molecule has 0 radical (unpaired) electrons. The maximum atomic E-state index is 10.8. The molecule has 3 fully saturated rings. The number of benzene rings is 2. The van der Waals surface area contributed by atoms with Crippen molar-refractivity contribution in [1.29, 1.82) is 0 Å². The topological polar surface area (TPSA) is 59.9 Å². The summed E-state index contributed by atoms with van der Waals surface area (Å²) in [4.78, 5) is 16.7. The molecule has 2 aromatic rings. The molecule has 5 nitrogen and oxygen atoms in total. The first kappa shape index (κ1) is 27.4. The van der Waals surface area contributed by atoms with Gasteiger partial charge in [0.2, 0.25) is 6.41 Å². The van der Waals surface area contributed by atoms with Crippen LogP contribution in [0, 0.1) is 17.8 Å². The fourth-order valence-electron chi connectivity index (χ4n) is 5.73. The van der Waals surface area contributed by atoms with Crippen LogP contribution in [0.1, 0.15) is 68.9 Å². The molecular formula is C30H33Cl3N2O3. The summed E-state index contributed by atoms with van der Waals surface area (Å²) in [5, 5.41) is 9.11. The first-order valence-corrected chi connectivity index (χ1v) is 14.6. The summed E-state index contributed by atoms with van der Waals surface area (Å²) in [6.07, 6.45) is 10.7. The first-order valence-electron chi connectivity index (χ1n) is 13.4. The number of rotatable bonds is 11. The van der Waals surface area contributed by atoms with E-state index < -0.39 is 0 Å². The molecule has 0 bridgehead atoms. The number of carbonyl (C=O) groups excluding carboxylic acids is 1. The van der Waals surface area contributed by atoms with E-state index in [1.165, 1.54) is 24.8 Å². The number of hydrogen-bond acceptors (Lipinski definition) is 4. The Hall–Kier alpha value is -2.21. The molecule has 0 spiro atoms. The van der Waals surface area contributed by atoms with E-state index >= 15 is 0 Å². The van der Waals surface area contributed by atoms with Crippen LogP contribution in [-0.4, -0.2) is 24.8 Å². The van der Waals surface area contributed by atoms with E-state index in [4.69, 9.17) is 44.4 Å². The maximum Gasteiger partial charge on any atom is 0.207 e. The van der Waals surface area contributed by atoms with E-state index in [2.05, 4.69) is 16.5 Å². The molecule has 0 aromatic heterocycles. The number of halogens is 3. The Balaban J connectivity index is 1.16. The van der Waals surface area contributed by atoms with E-state index in [-0.39, 0.29) is 0 Å². The minimum absolute atomic E-state index is 0.319. The summed E-state index contributed by atoms with van der Waals surface area (Å²) in [5.41, 5.74) is 2.50. The number of amides is 1. The molecule has 0 heterocycles. The molecule has 1 N–H and O–H groups in total. The molecule has 4 unspecified atom stereocenters. The minimum Gasteiger partial charge on any atom is -0.489 e. The van der Waals surface area contributed by atoms with Gasteiger partial charge in [0.25, 0.3) is 0 Å². The van der Waals surface area contributed by atoms with Gasteiger partial charge in [0.15, 0.2) is 0 Å². The predicted molar refractivity (Wildman–Crippen MR) is 153 cm³/mol. The highest BCUT2D eigenvalue weighted by Gasteiger charge is 2.45. The summed E-state index contributed by atoms with van der Waals surface area (Å²) in [6, 6.07) is 11.7. The second-order valence-electron chi connectivity index (χ2n) is 10.7. The van der Waals surface area contributed by atoms with Gasteiger partial charge in [-0.3, -0.25) is 4.79 Å². The standard InChI is InChI=1S/C30H33Cl3N2O3/c1-18(30-26(31)6-3-7-27(30)32)35-38-29(19-8-9-19)12-13-37-22-10-11-23(28(33)15-22)25-16-24(25)20-4-2-5-21(14-20)34-17-36/h3,6-7,10-12,15,17,19-21,24-25H,2,4-5,8-9,13-14,16H2,1H3,(H,34,36)/b29-12+,35-18+. The van der Waals surface area contributed by atoms with Crippen molar-refractivity contribution >= 4 is 46.9 Å². The third-order valence-corrected chi connectivity index (χ3v) is 8.92. The average Bonchev–Trinajstić information content (AvgIpc) is 3.81. The third-order valence-electron chi connectivity index (χ3n) is 7.96. The van der Waals surface area contributed by atoms with Crippen molar-refractivity contribution in [3.63, 3.8) is 0 Å². The van der Waals surface area contributed by atoms with E-state index in [1.807, 2.05) is 25.1 Å². The number of carbonyl (C=O) groups is 1. The molecule has 3 aliphatic rings.